The van der Waals surface area contributed by atoms with Crippen molar-refractivity contribution in [3.05, 3.63) is 0 Å². The van der Waals surface area contributed by atoms with E-state index >= 15 is 0 Å². The summed E-state index contributed by atoms with van der Waals surface area (Å²) < 4.78 is 32.1. The Morgan fingerprint density at radius 1 is 1.33 bits per heavy atom. The van der Waals surface area contributed by atoms with Crippen LogP contribution in [0, 0.1) is 0 Å². The van der Waals surface area contributed by atoms with Crippen molar-refractivity contribution >= 4 is 16.2 Å². The molecule has 0 heterocycles. The number of nitrogens with one attached hydrogen (secondary N) is 1. The molecule has 8 heteroatoms. The fourth-order valence-corrected chi connectivity index (χ4v) is 2.95. The lowest BCUT2D eigenvalue weighted by molar-refractivity contribution is -0.140. The number of hydrogen-bond donors (Lipinski definition) is 2. The Hall–Kier alpha value is -0.700. The molecular formula is C10H22N2O5S. The minimum atomic E-state index is -3.79. The van der Waals surface area contributed by atoms with Gasteiger partial charge in [0.1, 0.15) is 6.04 Å². The summed E-state index contributed by atoms with van der Waals surface area (Å²) in [4.78, 5) is 10.9. The number of nitrogens with zero attached hydrogens (tertiary/aromatic N) is 1. The average molecular weight is 282 g/mol. The number of carboxylic acid groups (broad SMARTS) is 1. The van der Waals surface area contributed by atoms with Crippen molar-refractivity contribution < 1.29 is 23.1 Å². The first-order valence-electron chi connectivity index (χ1n) is 5.88. The van der Waals surface area contributed by atoms with Gasteiger partial charge in [0, 0.05) is 20.2 Å². The lowest BCUT2D eigenvalue weighted by Crippen LogP contribution is -2.50. The largest absolute Gasteiger partial charge is 0.480 e. The Balaban J connectivity index is 4.81. The second kappa shape index (κ2) is 8.41. The van der Waals surface area contributed by atoms with Gasteiger partial charge in [0.05, 0.1) is 6.61 Å². The van der Waals surface area contributed by atoms with Crippen LogP contribution in [0.3, 0.4) is 0 Å². The van der Waals surface area contributed by atoms with E-state index in [4.69, 9.17) is 5.11 Å². The van der Waals surface area contributed by atoms with Crippen molar-refractivity contribution in [3.8, 4) is 0 Å². The van der Waals surface area contributed by atoms with Gasteiger partial charge in [-0.1, -0.05) is 13.8 Å². The fraction of sp³-hybridized carbons (Fsp3) is 0.900. The first-order chi connectivity index (χ1) is 8.38. The van der Waals surface area contributed by atoms with E-state index in [0.717, 1.165) is 0 Å². The van der Waals surface area contributed by atoms with Crippen molar-refractivity contribution in [2.45, 2.75) is 32.7 Å². The summed E-state index contributed by atoms with van der Waals surface area (Å²) in [6.45, 7) is 4.25. The fourth-order valence-electron chi connectivity index (χ4n) is 1.43. The molecule has 0 radical (unpaired) electrons. The van der Waals surface area contributed by atoms with E-state index in [1.165, 1.54) is 11.4 Å². The summed E-state index contributed by atoms with van der Waals surface area (Å²) >= 11 is 0. The zero-order valence-corrected chi connectivity index (χ0v) is 11.9. The van der Waals surface area contributed by atoms with Crippen molar-refractivity contribution in [2.75, 3.05) is 26.8 Å². The first-order valence-corrected chi connectivity index (χ1v) is 7.32. The van der Waals surface area contributed by atoms with Crippen molar-refractivity contribution in [1.29, 1.82) is 0 Å². The van der Waals surface area contributed by atoms with Crippen LogP contribution in [0.4, 0.5) is 0 Å². The third kappa shape index (κ3) is 5.76. The maximum absolute atomic E-state index is 12.0. The Kier molecular flexibility index (Phi) is 8.08. The highest BCUT2D eigenvalue weighted by Gasteiger charge is 2.28. The Labute approximate surface area is 108 Å². The van der Waals surface area contributed by atoms with Gasteiger partial charge in [-0.3, -0.25) is 4.79 Å². The van der Waals surface area contributed by atoms with Crippen LogP contribution in [0.1, 0.15) is 26.7 Å². The van der Waals surface area contributed by atoms with Gasteiger partial charge < -0.3 is 9.84 Å². The van der Waals surface area contributed by atoms with Crippen molar-refractivity contribution in [1.82, 2.24) is 9.03 Å². The molecule has 0 aliphatic rings. The van der Waals surface area contributed by atoms with E-state index in [-0.39, 0.29) is 6.61 Å². The molecule has 0 bridgehead atoms. The van der Waals surface area contributed by atoms with Gasteiger partial charge in [0.15, 0.2) is 0 Å². The van der Waals surface area contributed by atoms with Crippen LogP contribution < -0.4 is 4.72 Å². The minimum absolute atomic E-state index is 0.208. The van der Waals surface area contributed by atoms with Crippen molar-refractivity contribution in [3.63, 3.8) is 0 Å². The molecule has 1 atom stereocenters. The molecule has 0 aromatic carbocycles. The number of aliphatic carboxylic acids is 1. The molecular weight excluding hydrogens is 260 g/mol. The van der Waals surface area contributed by atoms with Crippen LogP contribution in [-0.2, 0) is 19.7 Å². The number of methoxy groups -OCH3 is 1. The van der Waals surface area contributed by atoms with Gasteiger partial charge in [-0.05, 0) is 12.8 Å². The molecule has 0 saturated heterocycles. The lowest BCUT2D eigenvalue weighted by atomic mass is 10.3. The molecule has 0 saturated carbocycles. The van der Waals surface area contributed by atoms with Gasteiger partial charge in [-0.25, -0.2) is 0 Å². The smallest absolute Gasteiger partial charge is 0.324 e. The van der Waals surface area contributed by atoms with Crippen LogP contribution in [0.15, 0.2) is 0 Å². The third-order valence-corrected chi connectivity index (χ3v) is 3.84. The molecule has 2 N–H and O–H groups in total. The second-order valence-corrected chi connectivity index (χ2v) is 5.57. The minimum Gasteiger partial charge on any atom is -0.480 e. The number of carboxylic acids is 1. The zero-order chi connectivity index (χ0) is 14.2. The van der Waals surface area contributed by atoms with Crippen LogP contribution in [-0.4, -0.2) is 56.6 Å². The van der Waals surface area contributed by atoms with Crippen LogP contribution in [0.5, 0.6) is 0 Å². The standard InChI is InChI=1S/C10H22N2O5S/c1-4-6-12(7-5-2)18(15,16)11-9(8-17-3)10(13)14/h9,11H,4-8H2,1-3H3,(H,13,14). The van der Waals surface area contributed by atoms with E-state index in [1.54, 1.807) is 0 Å². The summed E-state index contributed by atoms with van der Waals surface area (Å²) in [5, 5.41) is 8.88. The molecule has 0 aromatic heterocycles. The zero-order valence-electron chi connectivity index (χ0n) is 11.0. The van der Waals surface area contributed by atoms with Gasteiger partial charge >= 0.3 is 5.97 Å². The predicted octanol–water partition coefficient (Wildman–Crippen LogP) is 0.0424. The average Bonchev–Trinajstić information content (AvgIpc) is 2.28. The molecule has 0 aromatic rings. The van der Waals surface area contributed by atoms with Crippen LogP contribution in [0.25, 0.3) is 0 Å². The van der Waals surface area contributed by atoms with Crippen LogP contribution >= 0.6 is 0 Å². The third-order valence-electron chi connectivity index (χ3n) is 2.21. The quantitative estimate of drug-likeness (QED) is 0.590. The normalized spacial score (nSPS) is 13.8. The molecule has 0 amide bonds. The summed E-state index contributed by atoms with van der Waals surface area (Å²) in [6.07, 6.45) is 1.34. The van der Waals surface area contributed by atoms with Gasteiger partial charge in [-0.15, -0.1) is 0 Å². The molecule has 0 aliphatic heterocycles. The molecule has 0 rings (SSSR count). The molecule has 1 unspecified atom stereocenters. The SMILES string of the molecule is CCCN(CCC)S(=O)(=O)NC(COC)C(=O)O. The molecule has 108 valence electrons. The predicted molar refractivity (Wildman–Crippen MR) is 67.5 cm³/mol. The van der Waals surface area contributed by atoms with Gasteiger partial charge in [0.2, 0.25) is 0 Å². The van der Waals surface area contributed by atoms with E-state index in [2.05, 4.69) is 9.46 Å². The molecule has 0 fully saturated rings. The summed E-state index contributed by atoms with van der Waals surface area (Å²) in [6, 6.07) is -1.27. The second-order valence-electron chi connectivity index (χ2n) is 3.87. The Morgan fingerprint density at radius 3 is 2.17 bits per heavy atom. The molecule has 0 spiro atoms. The maximum Gasteiger partial charge on any atom is 0.324 e. The highest BCUT2D eigenvalue weighted by molar-refractivity contribution is 7.87. The van der Waals surface area contributed by atoms with Crippen molar-refractivity contribution in [2.24, 2.45) is 0 Å². The van der Waals surface area contributed by atoms with Gasteiger partial charge in [-0.2, -0.15) is 17.4 Å². The summed E-state index contributed by atoms with van der Waals surface area (Å²) in [7, 11) is -2.47. The molecule has 7 nitrogen and oxygen atoms in total. The van der Waals surface area contributed by atoms with E-state index in [1.807, 2.05) is 13.8 Å². The number of rotatable bonds is 10. The molecule has 18 heavy (non-hydrogen) atoms. The topological polar surface area (TPSA) is 95.9 Å². The van der Waals surface area contributed by atoms with Gasteiger partial charge in [0.25, 0.3) is 10.2 Å². The lowest BCUT2D eigenvalue weighted by Gasteiger charge is -2.23. The first kappa shape index (κ1) is 17.3. The van der Waals surface area contributed by atoms with E-state index < -0.39 is 22.2 Å². The number of hydrogen-bond acceptors (Lipinski definition) is 4. The highest BCUT2D eigenvalue weighted by Crippen LogP contribution is 2.03. The maximum atomic E-state index is 12.0. The molecule has 0 aliphatic carbocycles. The monoisotopic (exact) mass is 282 g/mol. The number of carbonyl (C=O) groups is 1. The summed E-state index contributed by atoms with van der Waals surface area (Å²) in [5.41, 5.74) is 0. The van der Waals surface area contributed by atoms with E-state index in [9.17, 15) is 13.2 Å². The number of ether oxygens (including phenoxy) is 1. The summed E-state index contributed by atoms with van der Waals surface area (Å²) in [5.74, 6) is -1.26. The Bertz CT molecular complexity index is 338. The van der Waals surface area contributed by atoms with E-state index in [0.29, 0.717) is 25.9 Å². The Morgan fingerprint density at radius 2 is 1.83 bits per heavy atom. The van der Waals surface area contributed by atoms with Crippen LogP contribution in [0.2, 0.25) is 0 Å². The highest BCUT2D eigenvalue weighted by atomic mass is 32.2.